The largest absolute Gasteiger partial charge is 0.462 e. The zero-order valence-corrected chi connectivity index (χ0v) is 53.7. The van der Waals surface area contributed by atoms with Crippen molar-refractivity contribution in [3.63, 3.8) is 0 Å². The third-order valence-electron chi connectivity index (χ3n) is 16.5. The predicted octanol–water partition coefficient (Wildman–Crippen LogP) is 24.6. The minimum absolute atomic E-state index is 0.0663. The molecule has 0 aromatic rings. The van der Waals surface area contributed by atoms with Crippen molar-refractivity contribution in [3.8, 4) is 0 Å². The smallest absolute Gasteiger partial charge is 0.306 e. The first-order chi connectivity index (χ1) is 39.0. The third-order valence-corrected chi connectivity index (χ3v) is 16.5. The van der Waals surface area contributed by atoms with E-state index in [0.29, 0.717) is 19.3 Å². The van der Waals surface area contributed by atoms with Crippen LogP contribution in [0.3, 0.4) is 0 Å². The van der Waals surface area contributed by atoms with Crippen molar-refractivity contribution in [3.05, 3.63) is 24.3 Å². The molecular weight excluding hydrogens is 973 g/mol. The summed E-state index contributed by atoms with van der Waals surface area (Å²) in [4.78, 5) is 38.5. The van der Waals surface area contributed by atoms with E-state index in [4.69, 9.17) is 14.2 Å². The number of ether oxygens (including phenoxy) is 3. The molecule has 0 saturated carbocycles. The molecule has 0 radical (unpaired) electrons. The van der Waals surface area contributed by atoms with Gasteiger partial charge >= 0.3 is 17.9 Å². The van der Waals surface area contributed by atoms with Crippen LogP contribution in [0.25, 0.3) is 0 Å². The van der Waals surface area contributed by atoms with Crippen LogP contribution in [-0.2, 0) is 28.6 Å². The molecule has 0 aliphatic rings. The van der Waals surface area contributed by atoms with E-state index in [0.717, 1.165) is 64.2 Å². The average molecular weight is 1110 g/mol. The van der Waals surface area contributed by atoms with E-state index in [1.165, 1.54) is 302 Å². The molecule has 0 rings (SSSR count). The summed E-state index contributed by atoms with van der Waals surface area (Å²) in [6, 6.07) is 0. The number of esters is 3. The van der Waals surface area contributed by atoms with E-state index in [-0.39, 0.29) is 31.1 Å². The van der Waals surface area contributed by atoms with Gasteiger partial charge < -0.3 is 14.2 Å². The maximum Gasteiger partial charge on any atom is 0.306 e. The average Bonchev–Trinajstić information content (AvgIpc) is 3.45. The molecule has 0 aromatic heterocycles. The van der Waals surface area contributed by atoms with Gasteiger partial charge in [0.25, 0.3) is 0 Å². The molecule has 0 saturated heterocycles. The zero-order chi connectivity index (χ0) is 57.1. The molecule has 6 nitrogen and oxygen atoms in total. The van der Waals surface area contributed by atoms with Crippen LogP contribution in [0.1, 0.15) is 406 Å². The van der Waals surface area contributed by atoms with Gasteiger partial charge in [0.2, 0.25) is 0 Å². The molecule has 0 heterocycles. The van der Waals surface area contributed by atoms with Crippen molar-refractivity contribution in [2.75, 3.05) is 13.2 Å². The first-order valence-corrected chi connectivity index (χ1v) is 35.8. The van der Waals surface area contributed by atoms with Gasteiger partial charge in [0.1, 0.15) is 13.2 Å². The molecule has 79 heavy (non-hydrogen) atoms. The van der Waals surface area contributed by atoms with Gasteiger partial charge in [0.15, 0.2) is 6.10 Å². The van der Waals surface area contributed by atoms with E-state index in [1.54, 1.807) is 0 Å². The van der Waals surface area contributed by atoms with Gasteiger partial charge in [-0.1, -0.05) is 360 Å². The number of carbonyl (C=O) groups excluding carboxylic acids is 3. The van der Waals surface area contributed by atoms with E-state index in [1.807, 2.05) is 0 Å². The van der Waals surface area contributed by atoms with Crippen molar-refractivity contribution in [2.45, 2.75) is 412 Å². The van der Waals surface area contributed by atoms with E-state index >= 15 is 0 Å². The second-order valence-electron chi connectivity index (χ2n) is 24.5. The van der Waals surface area contributed by atoms with Gasteiger partial charge in [-0.2, -0.15) is 0 Å². The summed E-state index contributed by atoms with van der Waals surface area (Å²) in [7, 11) is 0. The Morgan fingerprint density at radius 3 is 0.696 bits per heavy atom. The van der Waals surface area contributed by atoms with Crippen molar-refractivity contribution in [1.82, 2.24) is 0 Å². The molecule has 1 atom stereocenters. The normalized spacial score (nSPS) is 12.1. The predicted molar refractivity (Wildman–Crippen MR) is 344 cm³/mol. The van der Waals surface area contributed by atoms with E-state index < -0.39 is 6.10 Å². The molecule has 6 heteroatoms. The first kappa shape index (κ1) is 76.9. The van der Waals surface area contributed by atoms with Gasteiger partial charge in [-0.15, -0.1) is 0 Å². The fourth-order valence-electron chi connectivity index (χ4n) is 11.1. The zero-order valence-electron chi connectivity index (χ0n) is 53.7. The fraction of sp³-hybridized carbons (Fsp3) is 0.904. The molecule has 0 aromatic carbocycles. The number of carbonyl (C=O) groups is 3. The van der Waals surface area contributed by atoms with Gasteiger partial charge in [-0.05, 0) is 51.4 Å². The van der Waals surface area contributed by atoms with Crippen LogP contribution in [-0.4, -0.2) is 37.2 Å². The van der Waals surface area contributed by atoms with Crippen LogP contribution < -0.4 is 0 Å². The molecule has 0 bridgehead atoms. The van der Waals surface area contributed by atoms with Crippen molar-refractivity contribution in [1.29, 1.82) is 0 Å². The number of allylic oxidation sites excluding steroid dienone is 4. The molecule has 0 amide bonds. The SMILES string of the molecule is CCCCCCC/C=C\C/C=C\CCCCCCCCCCCC(=O)OC(COC(=O)CCCCCCCCCCCCCCCCC)COC(=O)CCCCCCCCCCCCCCCCCCCCCCCCCCC. The first-order valence-electron chi connectivity index (χ1n) is 35.8. The number of hydrogen-bond acceptors (Lipinski definition) is 6. The molecule has 466 valence electrons. The second kappa shape index (κ2) is 68.4. The van der Waals surface area contributed by atoms with Crippen LogP contribution in [0.15, 0.2) is 24.3 Å². The highest BCUT2D eigenvalue weighted by Gasteiger charge is 2.19. The Morgan fingerprint density at radius 2 is 0.456 bits per heavy atom. The Morgan fingerprint density at radius 1 is 0.253 bits per heavy atom. The Bertz CT molecular complexity index is 1270. The summed E-state index contributed by atoms with van der Waals surface area (Å²) in [6.07, 6.45) is 83.5. The summed E-state index contributed by atoms with van der Waals surface area (Å²) >= 11 is 0. The monoisotopic (exact) mass is 1110 g/mol. The Labute approximate surface area is 493 Å². The number of unbranched alkanes of at least 4 members (excludes halogenated alkanes) is 52. The molecular formula is C73H138O6. The van der Waals surface area contributed by atoms with Crippen molar-refractivity contribution >= 4 is 17.9 Å². The number of rotatable bonds is 67. The van der Waals surface area contributed by atoms with Crippen LogP contribution in [0, 0.1) is 0 Å². The van der Waals surface area contributed by atoms with Crippen LogP contribution >= 0.6 is 0 Å². The molecule has 0 fully saturated rings. The topological polar surface area (TPSA) is 78.9 Å². The maximum absolute atomic E-state index is 13.0. The fourth-order valence-corrected chi connectivity index (χ4v) is 11.1. The van der Waals surface area contributed by atoms with Crippen LogP contribution in [0.2, 0.25) is 0 Å². The van der Waals surface area contributed by atoms with Gasteiger partial charge in [-0.25, -0.2) is 0 Å². The summed E-state index contributed by atoms with van der Waals surface area (Å²) in [5, 5.41) is 0. The van der Waals surface area contributed by atoms with E-state index in [2.05, 4.69) is 45.1 Å². The highest BCUT2D eigenvalue weighted by molar-refractivity contribution is 5.71. The molecule has 0 spiro atoms. The third kappa shape index (κ3) is 66.6. The minimum atomic E-state index is -0.771. The molecule has 0 N–H and O–H groups in total. The quantitative estimate of drug-likeness (QED) is 0.0261. The number of hydrogen-bond donors (Lipinski definition) is 0. The highest BCUT2D eigenvalue weighted by atomic mass is 16.6. The summed E-state index contributed by atoms with van der Waals surface area (Å²) in [5.74, 6) is -0.836. The lowest BCUT2D eigenvalue weighted by atomic mass is 10.0. The molecule has 0 aliphatic heterocycles. The van der Waals surface area contributed by atoms with E-state index in [9.17, 15) is 14.4 Å². The Kier molecular flexibility index (Phi) is 66.6. The lowest BCUT2D eigenvalue weighted by molar-refractivity contribution is -0.167. The maximum atomic E-state index is 13.0. The standard InChI is InChI=1S/C73H138O6/c1-4-7-10-13-16-19-22-25-28-30-32-34-35-36-37-39-40-42-45-48-51-54-57-60-63-66-72(75)78-69-70(68-77-71(74)65-62-59-56-53-50-47-44-27-24-21-18-15-12-9-6-3)79-73(76)67-64-61-58-55-52-49-46-43-41-38-33-31-29-26-23-20-17-14-11-8-5-2/h23,26,31,33,70H,4-22,24-25,27-30,32,34-69H2,1-3H3/b26-23-,33-31-. The Hall–Kier alpha value is -2.11. The summed E-state index contributed by atoms with van der Waals surface area (Å²) in [5.41, 5.74) is 0. The van der Waals surface area contributed by atoms with Gasteiger partial charge in [0.05, 0.1) is 0 Å². The Balaban J connectivity index is 4.25. The highest BCUT2D eigenvalue weighted by Crippen LogP contribution is 2.19. The van der Waals surface area contributed by atoms with Crippen molar-refractivity contribution in [2.24, 2.45) is 0 Å². The van der Waals surface area contributed by atoms with Gasteiger partial charge in [0, 0.05) is 19.3 Å². The molecule has 1 unspecified atom stereocenters. The lowest BCUT2D eigenvalue weighted by Crippen LogP contribution is -2.30. The lowest BCUT2D eigenvalue weighted by Gasteiger charge is -2.18. The molecule has 0 aliphatic carbocycles. The summed E-state index contributed by atoms with van der Waals surface area (Å²) < 4.78 is 17.0. The van der Waals surface area contributed by atoms with Crippen molar-refractivity contribution < 1.29 is 28.6 Å². The summed E-state index contributed by atoms with van der Waals surface area (Å²) in [6.45, 7) is 6.72. The van der Waals surface area contributed by atoms with Crippen LogP contribution in [0.5, 0.6) is 0 Å². The minimum Gasteiger partial charge on any atom is -0.462 e. The van der Waals surface area contributed by atoms with Crippen LogP contribution in [0.4, 0.5) is 0 Å². The van der Waals surface area contributed by atoms with Gasteiger partial charge in [-0.3, -0.25) is 14.4 Å². The second-order valence-corrected chi connectivity index (χ2v) is 24.5.